The number of carbonyl (C=O) groups excluding carboxylic acids is 1. The van der Waals surface area contributed by atoms with Crippen molar-refractivity contribution in [3.63, 3.8) is 0 Å². The molecule has 0 aliphatic rings. The zero-order valence-corrected chi connectivity index (χ0v) is 14.1. The Kier molecular flexibility index (Phi) is 5.25. The molecule has 3 aromatic rings. The number of aromatic nitrogens is 2. The van der Waals surface area contributed by atoms with Crippen molar-refractivity contribution in [1.29, 1.82) is 5.26 Å². The number of hydrogen-bond donors (Lipinski definition) is 1. The molecule has 3 rings (SSSR count). The number of nitriles is 1. The van der Waals surface area contributed by atoms with E-state index in [1.807, 2.05) is 23.6 Å². The van der Waals surface area contributed by atoms with E-state index >= 15 is 0 Å². The van der Waals surface area contributed by atoms with Crippen molar-refractivity contribution in [1.82, 2.24) is 10.1 Å². The Morgan fingerprint density at radius 3 is 3.08 bits per heavy atom. The van der Waals surface area contributed by atoms with Crippen molar-refractivity contribution in [3.8, 4) is 16.8 Å². The predicted octanol–water partition coefficient (Wildman–Crippen LogP) is 3.54. The highest BCUT2D eigenvalue weighted by molar-refractivity contribution is 7.99. The van der Waals surface area contributed by atoms with Gasteiger partial charge in [0.15, 0.2) is 0 Å². The summed E-state index contributed by atoms with van der Waals surface area (Å²) in [5.74, 6) is 1.63. The Morgan fingerprint density at radius 2 is 2.29 bits per heavy atom. The maximum absolute atomic E-state index is 11.9. The average molecular weight is 356 g/mol. The molecule has 0 aliphatic heterocycles. The van der Waals surface area contributed by atoms with Crippen LogP contribution in [0.4, 0.5) is 5.69 Å². The van der Waals surface area contributed by atoms with Crippen LogP contribution in [0.2, 0.25) is 0 Å². The van der Waals surface area contributed by atoms with Crippen molar-refractivity contribution < 1.29 is 9.32 Å². The summed E-state index contributed by atoms with van der Waals surface area (Å²) in [6, 6.07) is 12.7. The maximum atomic E-state index is 11.9. The van der Waals surface area contributed by atoms with Crippen molar-refractivity contribution >= 4 is 34.7 Å². The third-order valence-corrected chi connectivity index (χ3v) is 4.73. The number of thiophene rings is 1. The summed E-state index contributed by atoms with van der Waals surface area (Å²) >= 11 is 2.93. The molecule has 0 saturated heterocycles. The summed E-state index contributed by atoms with van der Waals surface area (Å²) in [7, 11) is 0. The van der Waals surface area contributed by atoms with Crippen LogP contribution in [-0.2, 0) is 10.5 Å². The lowest BCUT2D eigenvalue weighted by Gasteiger charge is -2.04. The molecule has 1 aromatic carbocycles. The molecular weight excluding hydrogens is 344 g/mol. The monoisotopic (exact) mass is 356 g/mol. The zero-order valence-electron chi connectivity index (χ0n) is 12.4. The molecule has 0 radical (unpaired) electrons. The third-order valence-electron chi connectivity index (χ3n) is 2.94. The van der Waals surface area contributed by atoms with Crippen LogP contribution >= 0.6 is 23.1 Å². The van der Waals surface area contributed by atoms with E-state index in [-0.39, 0.29) is 11.7 Å². The lowest BCUT2D eigenvalue weighted by atomic mass is 10.2. The SMILES string of the molecule is N#Cc1cccc(NC(=O)CSCc2nc(-c3cccs3)no2)c1. The summed E-state index contributed by atoms with van der Waals surface area (Å²) in [6.45, 7) is 0. The molecule has 2 aromatic heterocycles. The first-order valence-electron chi connectivity index (χ1n) is 6.99. The molecule has 2 heterocycles. The number of nitrogens with zero attached hydrogens (tertiary/aromatic N) is 3. The van der Waals surface area contributed by atoms with Gasteiger partial charge >= 0.3 is 0 Å². The topological polar surface area (TPSA) is 91.8 Å². The first-order chi connectivity index (χ1) is 11.7. The van der Waals surface area contributed by atoms with Gasteiger partial charge in [0.2, 0.25) is 17.6 Å². The van der Waals surface area contributed by atoms with Gasteiger partial charge in [-0.15, -0.1) is 23.1 Å². The number of nitrogens with one attached hydrogen (secondary N) is 1. The predicted molar refractivity (Wildman–Crippen MR) is 93.6 cm³/mol. The number of thioether (sulfide) groups is 1. The van der Waals surface area contributed by atoms with Crippen molar-refractivity contribution in [3.05, 3.63) is 53.2 Å². The first-order valence-corrected chi connectivity index (χ1v) is 9.02. The summed E-state index contributed by atoms with van der Waals surface area (Å²) in [5.41, 5.74) is 1.12. The summed E-state index contributed by atoms with van der Waals surface area (Å²) in [6.07, 6.45) is 0. The smallest absolute Gasteiger partial charge is 0.236 e. The van der Waals surface area contributed by atoms with E-state index in [4.69, 9.17) is 9.78 Å². The molecule has 0 spiro atoms. The van der Waals surface area contributed by atoms with Crippen LogP contribution in [-0.4, -0.2) is 21.8 Å². The summed E-state index contributed by atoms with van der Waals surface area (Å²) < 4.78 is 5.18. The number of hydrogen-bond acceptors (Lipinski definition) is 7. The van der Waals surface area contributed by atoms with Crippen LogP contribution in [0.5, 0.6) is 0 Å². The molecule has 24 heavy (non-hydrogen) atoms. The summed E-state index contributed by atoms with van der Waals surface area (Å²) in [4.78, 5) is 17.2. The van der Waals surface area contributed by atoms with Crippen LogP contribution in [0.25, 0.3) is 10.7 Å². The van der Waals surface area contributed by atoms with E-state index in [1.165, 1.54) is 11.8 Å². The number of benzene rings is 1. The van der Waals surface area contributed by atoms with Gasteiger partial charge in [-0.1, -0.05) is 17.3 Å². The van der Waals surface area contributed by atoms with Gasteiger partial charge in [0.05, 0.1) is 28.0 Å². The number of amides is 1. The minimum atomic E-state index is -0.145. The Labute approximate surface area is 146 Å². The van der Waals surface area contributed by atoms with Gasteiger partial charge in [0.1, 0.15) is 0 Å². The fourth-order valence-electron chi connectivity index (χ4n) is 1.91. The average Bonchev–Trinajstić information content (AvgIpc) is 3.26. The second-order valence-electron chi connectivity index (χ2n) is 4.72. The van der Waals surface area contributed by atoms with Crippen LogP contribution in [0.1, 0.15) is 11.5 Å². The Balaban J connectivity index is 1.48. The fraction of sp³-hybridized carbons (Fsp3) is 0.125. The second-order valence-corrected chi connectivity index (χ2v) is 6.66. The number of anilines is 1. The molecular formula is C16H12N4O2S2. The highest BCUT2D eigenvalue weighted by atomic mass is 32.2. The summed E-state index contributed by atoms with van der Waals surface area (Å²) in [5, 5.41) is 17.5. The fourth-order valence-corrected chi connectivity index (χ4v) is 3.21. The molecule has 0 atom stereocenters. The van der Waals surface area contributed by atoms with E-state index in [0.717, 1.165) is 4.88 Å². The van der Waals surface area contributed by atoms with Gasteiger partial charge in [0, 0.05) is 5.69 Å². The Hall–Kier alpha value is -2.63. The molecule has 0 fully saturated rings. The second kappa shape index (κ2) is 7.77. The molecule has 6 nitrogen and oxygen atoms in total. The normalized spacial score (nSPS) is 10.3. The van der Waals surface area contributed by atoms with E-state index < -0.39 is 0 Å². The molecule has 0 saturated carbocycles. The van der Waals surface area contributed by atoms with E-state index in [1.54, 1.807) is 35.6 Å². The highest BCUT2D eigenvalue weighted by Crippen LogP contribution is 2.22. The van der Waals surface area contributed by atoms with Gasteiger partial charge < -0.3 is 9.84 Å². The molecule has 0 aliphatic carbocycles. The van der Waals surface area contributed by atoms with Crippen LogP contribution in [0.3, 0.4) is 0 Å². The first kappa shape index (κ1) is 16.2. The molecule has 0 bridgehead atoms. The van der Waals surface area contributed by atoms with E-state index in [9.17, 15) is 4.79 Å². The van der Waals surface area contributed by atoms with Gasteiger partial charge in [-0.05, 0) is 29.6 Å². The lowest BCUT2D eigenvalue weighted by molar-refractivity contribution is -0.113. The van der Waals surface area contributed by atoms with Crippen LogP contribution in [0, 0.1) is 11.3 Å². The largest absolute Gasteiger partial charge is 0.338 e. The van der Waals surface area contributed by atoms with Crippen molar-refractivity contribution in [2.75, 3.05) is 11.1 Å². The third kappa shape index (κ3) is 4.22. The van der Waals surface area contributed by atoms with Crippen molar-refractivity contribution in [2.45, 2.75) is 5.75 Å². The van der Waals surface area contributed by atoms with Crippen LogP contribution < -0.4 is 5.32 Å². The molecule has 1 N–H and O–H groups in total. The van der Waals surface area contributed by atoms with Crippen LogP contribution in [0.15, 0.2) is 46.3 Å². The van der Waals surface area contributed by atoms with Crippen molar-refractivity contribution in [2.24, 2.45) is 0 Å². The van der Waals surface area contributed by atoms with Gasteiger partial charge in [-0.25, -0.2) is 0 Å². The molecule has 1 amide bonds. The lowest BCUT2D eigenvalue weighted by Crippen LogP contribution is -2.14. The Bertz CT molecular complexity index is 868. The molecule has 8 heteroatoms. The number of rotatable bonds is 6. The minimum Gasteiger partial charge on any atom is -0.338 e. The quantitative estimate of drug-likeness (QED) is 0.726. The van der Waals surface area contributed by atoms with Gasteiger partial charge in [-0.2, -0.15) is 10.2 Å². The molecule has 120 valence electrons. The minimum absolute atomic E-state index is 0.145. The van der Waals surface area contributed by atoms with Gasteiger partial charge in [0.25, 0.3) is 0 Å². The number of carbonyl (C=O) groups is 1. The molecule has 0 unspecified atom stereocenters. The standard InChI is InChI=1S/C16H12N4O2S2/c17-8-11-3-1-4-12(7-11)18-14(21)9-23-10-15-19-16(20-22-15)13-5-2-6-24-13/h1-7H,9-10H2,(H,18,21). The zero-order chi connectivity index (χ0) is 16.8. The van der Waals surface area contributed by atoms with E-state index in [0.29, 0.717) is 28.7 Å². The Morgan fingerprint density at radius 1 is 1.38 bits per heavy atom. The maximum Gasteiger partial charge on any atom is 0.236 e. The highest BCUT2D eigenvalue weighted by Gasteiger charge is 2.10. The van der Waals surface area contributed by atoms with E-state index in [2.05, 4.69) is 15.5 Å². The van der Waals surface area contributed by atoms with Gasteiger partial charge in [-0.3, -0.25) is 4.79 Å².